The second-order valence-corrected chi connectivity index (χ2v) is 6.21. The molecule has 1 aromatic carbocycles. The minimum absolute atomic E-state index is 0.369. The topological polar surface area (TPSA) is 32.3 Å². The highest BCUT2D eigenvalue weighted by Crippen LogP contribution is 2.26. The van der Waals surface area contributed by atoms with Crippen LogP contribution in [0, 0.1) is 17.6 Å². The van der Waals surface area contributed by atoms with Crippen molar-refractivity contribution in [2.45, 2.75) is 12.8 Å². The molecule has 1 unspecified atom stereocenters. The predicted molar refractivity (Wildman–Crippen MR) is 86.7 cm³/mol. The van der Waals surface area contributed by atoms with Crippen molar-refractivity contribution in [2.75, 3.05) is 37.0 Å². The van der Waals surface area contributed by atoms with Crippen LogP contribution in [0.3, 0.4) is 0 Å². The first kappa shape index (κ1) is 15.6. The second-order valence-electron chi connectivity index (χ2n) is 6.21. The SMILES string of the molecule is CN(C)c1cc(N2CCC(Cc3cc(F)cc(F)c3)C2)ncn1. The van der Waals surface area contributed by atoms with E-state index < -0.39 is 11.6 Å². The number of nitrogens with zero attached hydrogens (tertiary/aromatic N) is 4. The maximum atomic E-state index is 13.3. The molecule has 0 amide bonds. The molecule has 23 heavy (non-hydrogen) atoms. The zero-order valence-corrected chi connectivity index (χ0v) is 13.3. The predicted octanol–water partition coefficient (Wildman–Crippen LogP) is 2.89. The summed E-state index contributed by atoms with van der Waals surface area (Å²) in [6.07, 6.45) is 3.23. The van der Waals surface area contributed by atoms with Crippen molar-refractivity contribution >= 4 is 11.6 Å². The van der Waals surface area contributed by atoms with Crippen molar-refractivity contribution < 1.29 is 8.78 Å². The van der Waals surface area contributed by atoms with Crippen molar-refractivity contribution in [3.63, 3.8) is 0 Å². The normalized spacial score (nSPS) is 17.6. The number of anilines is 2. The molecule has 6 heteroatoms. The van der Waals surface area contributed by atoms with Crippen LogP contribution >= 0.6 is 0 Å². The lowest BCUT2D eigenvalue weighted by Gasteiger charge is -2.19. The molecule has 3 rings (SSSR count). The van der Waals surface area contributed by atoms with E-state index in [0.29, 0.717) is 17.9 Å². The largest absolute Gasteiger partial charge is 0.363 e. The maximum Gasteiger partial charge on any atom is 0.134 e. The quantitative estimate of drug-likeness (QED) is 0.868. The molecular weight excluding hydrogens is 298 g/mol. The van der Waals surface area contributed by atoms with Crippen LogP contribution in [0.15, 0.2) is 30.6 Å². The standard InChI is InChI=1S/C17H20F2N4/c1-22(2)16-9-17(21-11-20-16)23-4-3-12(10-23)5-13-6-14(18)8-15(19)7-13/h6-9,11-12H,3-5,10H2,1-2H3. The molecule has 0 spiro atoms. The Morgan fingerprint density at radius 2 is 1.87 bits per heavy atom. The van der Waals surface area contributed by atoms with Gasteiger partial charge >= 0.3 is 0 Å². The van der Waals surface area contributed by atoms with Gasteiger partial charge in [0.2, 0.25) is 0 Å². The number of aromatic nitrogens is 2. The molecule has 0 saturated carbocycles. The molecular formula is C17H20F2N4. The van der Waals surface area contributed by atoms with Crippen LogP contribution in [0.4, 0.5) is 20.4 Å². The Labute approximate surface area is 134 Å². The zero-order chi connectivity index (χ0) is 16.4. The molecule has 1 aromatic heterocycles. The fourth-order valence-electron chi connectivity index (χ4n) is 3.02. The molecule has 1 fully saturated rings. The van der Waals surface area contributed by atoms with Crippen LogP contribution in [0.1, 0.15) is 12.0 Å². The molecule has 2 heterocycles. The van der Waals surface area contributed by atoms with Gasteiger partial charge in [-0.05, 0) is 36.5 Å². The van der Waals surface area contributed by atoms with Gasteiger partial charge in [0.05, 0.1) is 0 Å². The summed E-state index contributed by atoms with van der Waals surface area (Å²) in [7, 11) is 3.88. The Bertz CT molecular complexity index is 670. The van der Waals surface area contributed by atoms with E-state index in [-0.39, 0.29) is 0 Å². The van der Waals surface area contributed by atoms with Gasteiger partial charge in [0.15, 0.2) is 0 Å². The number of halogens is 2. The van der Waals surface area contributed by atoms with Gasteiger partial charge in [-0.15, -0.1) is 0 Å². The Hall–Kier alpha value is -2.24. The van der Waals surface area contributed by atoms with Crippen molar-refractivity contribution in [1.82, 2.24) is 9.97 Å². The van der Waals surface area contributed by atoms with Gasteiger partial charge < -0.3 is 9.80 Å². The first-order valence-electron chi connectivity index (χ1n) is 7.70. The lowest BCUT2D eigenvalue weighted by molar-refractivity contribution is 0.558. The van der Waals surface area contributed by atoms with Gasteiger partial charge in [0, 0.05) is 39.3 Å². The van der Waals surface area contributed by atoms with E-state index in [1.807, 2.05) is 25.1 Å². The van der Waals surface area contributed by atoms with Crippen LogP contribution < -0.4 is 9.80 Å². The maximum absolute atomic E-state index is 13.3. The molecule has 4 nitrogen and oxygen atoms in total. The zero-order valence-electron chi connectivity index (χ0n) is 13.3. The molecule has 122 valence electrons. The van der Waals surface area contributed by atoms with E-state index in [9.17, 15) is 8.78 Å². The van der Waals surface area contributed by atoms with Crippen molar-refractivity contribution in [3.8, 4) is 0 Å². The summed E-state index contributed by atoms with van der Waals surface area (Å²) >= 11 is 0. The van der Waals surface area contributed by atoms with Crippen LogP contribution in [0.2, 0.25) is 0 Å². The first-order valence-corrected chi connectivity index (χ1v) is 7.70. The van der Waals surface area contributed by atoms with Gasteiger partial charge in [-0.2, -0.15) is 0 Å². The molecule has 0 bridgehead atoms. The van der Waals surface area contributed by atoms with Gasteiger partial charge in [0.1, 0.15) is 29.6 Å². The van der Waals surface area contributed by atoms with E-state index in [2.05, 4.69) is 14.9 Å². The highest BCUT2D eigenvalue weighted by Gasteiger charge is 2.24. The average Bonchev–Trinajstić information content (AvgIpc) is 2.95. The Balaban J connectivity index is 1.67. The van der Waals surface area contributed by atoms with Gasteiger partial charge in [-0.25, -0.2) is 18.7 Å². The van der Waals surface area contributed by atoms with E-state index in [4.69, 9.17) is 0 Å². The highest BCUT2D eigenvalue weighted by atomic mass is 19.1. The number of benzene rings is 1. The monoisotopic (exact) mass is 318 g/mol. The molecule has 1 aliphatic rings. The summed E-state index contributed by atoms with van der Waals surface area (Å²) in [5.74, 6) is 1.11. The Morgan fingerprint density at radius 3 is 2.57 bits per heavy atom. The van der Waals surface area contributed by atoms with Crippen LogP contribution in [0.5, 0.6) is 0 Å². The molecule has 0 aliphatic carbocycles. The molecule has 0 N–H and O–H groups in total. The van der Waals surface area contributed by atoms with Gasteiger partial charge in [-0.3, -0.25) is 0 Å². The minimum atomic E-state index is -0.513. The molecule has 1 aliphatic heterocycles. The Kier molecular flexibility index (Phi) is 4.41. The average molecular weight is 318 g/mol. The molecule has 0 radical (unpaired) electrons. The summed E-state index contributed by atoms with van der Waals surface area (Å²) < 4.78 is 26.6. The summed E-state index contributed by atoms with van der Waals surface area (Å²) in [6, 6.07) is 5.71. The summed E-state index contributed by atoms with van der Waals surface area (Å²) in [5.41, 5.74) is 0.714. The third-order valence-corrected chi connectivity index (χ3v) is 4.15. The van der Waals surface area contributed by atoms with Crippen molar-refractivity contribution in [3.05, 3.63) is 47.8 Å². The van der Waals surface area contributed by atoms with E-state index >= 15 is 0 Å². The molecule has 1 saturated heterocycles. The fourth-order valence-corrected chi connectivity index (χ4v) is 3.02. The van der Waals surface area contributed by atoms with Gasteiger partial charge in [0.25, 0.3) is 0 Å². The molecule has 2 aromatic rings. The highest BCUT2D eigenvalue weighted by molar-refractivity contribution is 5.49. The number of hydrogen-bond acceptors (Lipinski definition) is 4. The van der Waals surface area contributed by atoms with Crippen LogP contribution in [-0.2, 0) is 6.42 Å². The van der Waals surface area contributed by atoms with E-state index in [1.165, 1.54) is 12.1 Å². The van der Waals surface area contributed by atoms with Crippen LogP contribution in [-0.4, -0.2) is 37.2 Å². The Morgan fingerprint density at radius 1 is 1.13 bits per heavy atom. The van der Waals surface area contributed by atoms with E-state index in [0.717, 1.165) is 37.2 Å². The lowest BCUT2D eigenvalue weighted by Crippen LogP contribution is -2.22. The van der Waals surface area contributed by atoms with Crippen molar-refractivity contribution in [2.24, 2.45) is 5.92 Å². The summed E-state index contributed by atoms with van der Waals surface area (Å²) in [5, 5.41) is 0. The smallest absolute Gasteiger partial charge is 0.134 e. The van der Waals surface area contributed by atoms with Crippen molar-refractivity contribution in [1.29, 1.82) is 0 Å². The number of rotatable bonds is 4. The number of hydrogen-bond donors (Lipinski definition) is 0. The summed E-state index contributed by atoms with van der Waals surface area (Å²) in [4.78, 5) is 12.7. The minimum Gasteiger partial charge on any atom is -0.363 e. The second kappa shape index (κ2) is 6.48. The third-order valence-electron chi connectivity index (χ3n) is 4.15. The van der Waals surface area contributed by atoms with Crippen LogP contribution in [0.25, 0.3) is 0 Å². The first-order chi connectivity index (χ1) is 11.0. The van der Waals surface area contributed by atoms with E-state index in [1.54, 1.807) is 6.33 Å². The summed E-state index contributed by atoms with van der Waals surface area (Å²) in [6.45, 7) is 1.73. The van der Waals surface area contributed by atoms with Gasteiger partial charge in [-0.1, -0.05) is 0 Å². The molecule has 1 atom stereocenters. The fraction of sp³-hybridized carbons (Fsp3) is 0.412. The third kappa shape index (κ3) is 3.75. The lowest BCUT2D eigenvalue weighted by atomic mass is 9.98.